The van der Waals surface area contributed by atoms with E-state index in [9.17, 15) is 13.2 Å². The standard InChI is InChI=1S/C21H28N2O3S2/c1-14-11-18(16(3)23(14)17-8-10-28(25,26)13-17)20(24)12-22-9-4-5-19(22)21-7-6-15(2)27-21/h6-7,11,17,19H,4-5,8-10,12-13H2,1-3H3. The topological polar surface area (TPSA) is 59.4 Å². The first kappa shape index (κ1) is 19.9. The molecule has 0 saturated carbocycles. The smallest absolute Gasteiger partial charge is 0.178 e. The van der Waals surface area contributed by atoms with Crippen molar-refractivity contribution in [2.75, 3.05) is 24.6 Å². The molecule has 2 aromatic heterocycles. The molecule has 2 atom stereocenters. The van der Waals surface area contributed by atoms with Crippen molar-refractivity contribution in [2.24, 2.45) is 0 Å². The number of thiophene rings is 1. The van der Waals surface area contributed by atoms with E-state index in [0.29, 0.717) is 19.0 Å². The first-order valence-corrected chi connectivity index (χ1v) is 12.6. The Morgan fingerprint density at radius 3 is 2.64 bits per heavy atom. The van der Waals surface area contributed by atoms with Crippen molar-refractivity contribution in [2.45, 2.75) is 52.1 Å². The summed E-state index contributed by atoms with van der Waals surface area (Å²) < 4.78 is 25.9. The van der Waals surface area contributed by atoms with Crippen LogP contribution in [0.1, 0.15) is 62.8 Å². The van der Waals surface area contributed by atoms with Crippen LogP contribution in [0, 0.1) is 20.8 Å². The van der Waals surface area contributed by atoms with Gasteiger partial charge in [0.1, 0.15) is 0 Å². The van der Waals surface area contributed by atoms with Crippen LogP contribution in [0.5, 0.6) is 0 Å². The summed E-state index contributed by atoms with van der Waals surface area (Å²) in [6.45, 7) is 7.43. The zero-order valence-electron chi connectivity index (χ0n) is 16.8. The summed E-state index contributed by atoms with van der Waals surface area (Å²) in [6.07, 6.45) is 2.86. The van der Waals surface area contributed by atoms with Crippen LogP contribution < -0.4 is 0 Å². The Hall–Kier alpha value is -1.44. The highest BCUT2D eigenvalue weighted by atomic mass is 32.2. The minimum absolute atomic E-state index is 0.0415. The van der Waals surface area contributed by atoms with Gasteiger partial charge in [-0.3, -0.25) is 9.69 Å². The summed E-state index contributed by atoms with van der Waals surface area (Å²) in [6, 6.07) is 6.59. The second-order valence-electron chi connectivity index (χ2n) is 8.21. The summed E-state index contributed by atoms with van der Waals surface area (Å²) in [4.78, 5) is 18.1. The average Bonchev–Trinajstić information content (AvgIpc) is 3.36. The number of hydrogen-bond acceptors (Lipinski definition) is 5. The van der Waals surface area contributed by atoms with E-state index < -0.39 is 9.84 Å². The SMILES string of the molecule is Cc1ccc(C2CCCN2CC(=O)c2cc(C)n(C3CCS(=O)(=O)C3)c2C)s1. The molecule has 0 aliphatic carbocycles. The third kappa shape index (κ3) is 3.72. The average molecular weight is 421 g/mol. The van der Waals surface area contributed by atoms with Gasteiger partial charge in [0.15, 0.2) is 15.6 Å². The number of nitrogens with zero attached hydrogens (tertiary/aromatic N) is 2. The molecule has 4 heterocycles. The highest BCUT2D eigenvalue weighted by Crippen LogP contribution is 2.36. The third-order valence-corrected chi connectivity index (χ3v) is 9.01. The van der Waals surface area contributed by atoms with E-state index in [1.165, 1.54) is 9.75 Å². The Bertz CT molecular complexity index is 1000. The Labute approximate surface area is 171 Å². The van der Waals surface area contributed by atoms with Gasteiger partial charge in [0.25, 0.3) is 0 Å². The van der Waals surface area contributed by atoms with Gasteiger partial charge >= 0.3 is 0 Å². The van der Waals surface area contributed by atoms with Gasteiger partial charge in [0.05, 0.1) is 18.1 Å². The second-order valence-corrected chi connectivity index (χ2v) is 11.8. The van der Waals surface area contributed by atoms with Gasteiger partial charge < -0.3 is 4.57 Å². The fraction of sp³-hybridized carbons (Fsp3) is 0.571. The molecule has 2 aromatic rings. The Morgan fingerprint density at radius 2 is 2.00 bits per heavy atom. The lowest BCUT2D eigenvalue weighted by Crippen LogP contribution is -2.29. The maximum Gasteiger partial charge on any atom is 0.178 e. The highest BCUT2D eigenvalue weighted by Gasteiger charge is 2.33. The van der Waals surface area contributed by atoms with E-state index in [4.69, 9.17) is 0 Å². The van der Waals surface area contributed by atoms with Crippen LogP contribution in [0.4, 0.5) is 0 Å². The van der Waals surface area contributed by atoms with Gasteiger partial charge in [-0.05, 0) is 64.8 Å². The molecule has 0 N–H and O–H groups in total. The number of likely N-dealkylation sites (tertiary alicyclic amines) is 1. The molecule has 2 saturated heterocycles. The van der Waals surface area contributed by atoms with E-state index in [1.807, 2.05) is 31.3 Å². The maximum atomic E-state index is 13.1. The number of hydrogen-bond donors (Lipinski definition) is 0. The van der Waals surface area contributed by atoms with Crippen molar-refractivity contribution in [1.29, 1.82) is 0 Å². The summed E-state index contributed by atoms with van der Waals surface area (Å²) in [5.41, 5.74) is 2.64. The van der Waals surface area contributed by atoms with Crippen molar-refractivity contribution < 1.29 is 13.2 Å². The van der Waals surface area contributed by atoms with E-state index in [2.05, 4.69) is 28.5 Å². The van der Waals surface area contributed by atoms with Crippen molar-refractivity contribution in [3.8, 4) is 0 Å². The van der Waals surface area contributed by atoms with Gasteiger partial charge in [-0.2, -0.15) is 0 Å². The Kier molecular flexibility index (Phi) is 5.27. The van der Waals surface area contributed by atoms with Gasteiger partial charge in [0, 0.05) is 38.8 Å². The molecule has 0 spiro atoms. The molecule has 0 amide bonds. The number of sulfone groups is 1. The van der Waals surface area contributed by atoms with Crippen LogP contribution in [0.3, 0.4) is 0 Å². The van der Waals surface area contributed by atoms with Crippen molar-refractivity contribution in [3.63, 3.8) is 0 Å². The molecule has 7 heteroatoms. The highest BCUT2D eigenvalue weighted by molar-refractivity contribution is 7.91. The van der Waals surface area contributed by atoms with Crippen LogP contribution in [-0.2, 0) is 9.84 Å². The van der Waals surface area contributed by atoms with Gasteiger partial charge in [-0.25, -0.2) is 8.42 Å². The Balaban J connectivity index is 1.53. The number of aryl methyl sites for hydroxylation is 2. The molecule has 28 heavy (non-hydrogen) atoms. The van der Waals surface area contributed by atoms with Crippen molar-refractivity contribution in [1.82, 2.24) is 9.47 Å². The van der Waals surface area contributed by atoms with E-state index in [1.54, 1.807) is 0 Å². The number of ketones is 1. The quantitative estimate of drug-likeness (QED) is 0.690. The molecule has 2 fully saturated rings. The molecule has 0 aromatic carbocycles. The lowest BCUT2D eigenvalue weighted by molar-refractivity contribution is 0.0922. The zero-order chi connectivity index (χ0) is 20.1. The number of carbonyl (C=O) groups excluding carboxylic acids is 1. The number of Topliss-reactive ketones (excluding diaryl/α,β-unsaturated/α-hetero) is 1. The zero-order valence-corrected chi connectivity index (χ0v) is 18.4. The van der Waals surface area contributed by atoms with Gasteiger partial charge in [0.2, 0.25) is 0 Å². The fourth-order valence-corrected chi connectivity index (χ4v) is 7.59. The summed E-state index contributed by atoms with van der Waals surface area (Å²) in [7, 11) is -2.96. The predicted molar refractivity (Wildman–Crippen MR) is 113 cm³/mol. The normalized spacial score (nSPS) is 24.8. The van der Waals surface area contributed by atoms with Crippen LogP contribution in [0.2, 0.25) is 0 Å². The molecule has 152 valence electrons. The summed E-state index contributed by atoms with van der Waals surface area (Å²) in [5, 5.41) is 0. The molecular weight excluding hydrogens is 392 g/mol. The molecule has 2 unspecified atom stereocenters. The van der Waals surface area contributed by atoms with Crippen molar-refractivity contribution >= 4 is 27.0 Å². The van der Waals surface area contributed by atoms with Crippen LogP contribution >= 0.6 is 11.3 Å². The lowest BCUT2D eigenvalue weighted by atomic mass is 10.1. The van der Waals surface area contributed by atoms with Crippen LogP contribution in [-0.4, -0.2) is 48.3 Å². The fourth-order valence-electron chi connectivity index (χ4n) is 4.84. The van der Waals surface area contributed by atoms with E-state index >= 15 is 0 Å². The second kappa shape index (κ2) is 7.43. The number of rotatable bonds is 5. The third-order valence-electron chi connectivity index (χ3n) is 6.16. The summed E-state index contributed by atoms with van der Waals surface area (Å²) >= 11 is 1.82. The molecule has 0 radical (unpaired) electrons. The number of carbonyl (C=O) groups is 1. The Morgan fingerprint density at radius 1 is 1.21 bits per heavy atom. The predicted octanol–water partition coefficient (Wildman–Crippen LogP) is 3.85. The minimum Gasteiger partial charge on any atom is -0.344 e. The minimum atomic E-state index is -2.96. The van der Waals surface area contributed by atoms with E-state index in [-0.39, 0.29) is 23.3 Å². The maximum absolute atomic E-state index is 13.1. The van der Waals surface area contributed by atoms with Crippen LogP contribution in [0.25, 0.3) is 0 Å². The van der Waals surface area contributed by atoms with Gasteiger partial charge in [-0.15, -0.1) is 11.3 Å². The lowest BCUT2D eigenvalue weighted by Gasteiger charge is -2.23. The van der Waals surface area contributed by atoms with Gasteiger partial charge in [-0.1, -0.05) is 0 Å². The van der Waals surface area contributed by atoms with E-state index in [0.717, 1.165) is 36.3 Å². The largest absolute Gasteiger partial charge is 0.344 e. The summed E-state index contributed by atoms with van der Waals surface area (Å²) in [5.74, 6) is 0.566. The first-order valence-electron chi connectivity index (χ1n) is 9.97. The number of aromatic nitrogens is 1. The molecule has 2 aliphatic heterocycles. The molecule has 5 nitrogen and oxygen atoms in total. The monoisotopic (exact) mass is 420 g/mol. The first-order chi connectivity index (χ1) is 13.2. The van der Waals surface area contributed by atoms with Crippen molar-refractivity contribution in [3.05, 3.63) is 44.9 Å². The van der Waals surface area contributed by atoms with Crippen LogP contribution in [0.15, 0.2) is 18.2 Å². The molecule has 0 bridgehead atoms. The molecular formula is C21H28N2O3S2. The molecule has 2 aliphatic rings. The molecule has 4 rings (SSSR count).